The minimum Gasteiger partial charge on any atom is -0.497 e. The van der Waals surface area contributed by atoms with Gasteiger partial charge in [-0.3, -0.25) is 9.69 Å². The molecule has 2 heterocycles. The zero-order chi connectivity index (χ0) is 19.7. The van der Waals surface area contributed by atoms with Crippen molar-refractivity contribution in [3.05, 3.63) is 47.5 Å². The van der Waals surface area contributed by atoms with Crippen molar-refractivity contribution in [3.8, 4) is 23.0 Å². The van der Waals surface area contributed by atoms with Crippen LogP contribution in [0.25, 0.3) is 0 Å². The number of hydrogen-bond acceptors (Lipinski definition) is 7. The van der Waals surface area contributed by atoms with Gasteiger partial charge in [-0.2, -0.15) is 0 Å². The van der Waals surface area contributed by atoms with Gasteiger partial charge in [-0.25, -0.2) is 0 Å². The summed E-state index contributed by atoms with van der Waals surface area (Å²) in [6, 6.07) is 11.3. The molecular formula is C20H19NO5S2. The second-order valence-electron chi connectivity index (χ2n) is 6.37. The van der Waals surface area contributed by atoms with Crippen LogP contribution < -0.4 is 18.9 Å². The quantitative estimate of drug-likeness (QED) is 0.668. The Bertz CT molecular complexity index is 916. The molecule has 2 aromatic carbocycles. The summed E-state index contributed by atoms with van der Waals surface area (Å²) in [6.45, 7) is 0.641. The van der Waals surface area contributed by atoms with Gasteiger partial charge in [0.2, 0.25) is 12.7 Å². The summed E-state index contributed by atoms with van der Waals surface area (Å²) in [4.78, 5) is 14.6. The molecular weight excluding hydrogens is 398 g/mol. The first kappa shape index (κ1) is 18.9. The Morgan fingerprint density at radius 2 is 1.86 bits per heavy atom. The molecule has 0 spiro atoms. The van der Waals surface area contributed by atoms with Gasteiger partial charge < -0.3 is 18.9 Å². The fraction of sp³-hybridized carbons (Fsp3) is 0.300. The van der Waals surface area contributed by atoms with Gasteiger partial charge in [0, 0.05) is 6.07 Å². The molecule has 1 amide bonds. The minimum atomic E-state index is -0.292. The van der Waals surface area contributed by atoms with Crippen molar-refractivity contribution in [2.75, 3.05) is 21.0 Å². The fourth-order valence-corrected chi connectivity index (χ4v) is 4.72. The smallest absolute Gasteiger partial charge is 0.242 e. The topological polar surface area (TPSA) is 57.2 Å². The second-order valence-corrected chi connectivity index (χ2v) is 8.20. The maximum absolute atomic E-state index is 13.0. The van der Waals surface area contributed by atoms with Crippen LogP contribution in [0.3, 0.4) is 0 Å². The summed E-state index contributed by atoms with van der Waals surface area (Å²) >= 11 is 6.88. The van der Waals surface area contributed by atoms with Crippen LogP contribution in [0.5, 0.6) is 23.0 Å². The number of thiocarbonyl (C=S) groups is 1. The number of hydrogen-bond donors (Lipinski definition) is 0. The number of benzene rings is 2. The molecule has 28 heavy (non-hydrogen) atoms. The van der Waals surface area contributed by atoms with E-state index in [4.69, 9.17) is 31.2 Å². The molecule has 146 valence electrons. The summed E-state index contributed by atoms with van der Waals surface area (Å²) in [7, 11) is 3.23. The zero-order valence-electron chi connectivity index (χ0n) is 15.5. The number of thioether (sulfide) groups is 1. The Kier molecular flexibility index (Phi) is 5.32. The molecule has 2 aliphatic rings. The van der Waals surface area contributed by atoms with Gasteiger partial charge in [-0.15, -0.1) is 0 Å². The van der Waals surface area contributed by atoms with Gasteiger partial charge in [-0.05, 0) is 35.7 Å². The molecule has 0 N–H and O–H groups in total. The lowest BCUT2D eigenvalue weighted by molar-refractivity contribution is -0.126. The van der Waals surface area contributed by atoms with Gasteiger partial charge in [0.15, 0.2) is 11.5 Å². The number of ether oxygens (including phenoxy) is 4. The molecule has 0 aliphatic carbocycles. The van der Waals surface area contributed by atoms with Crippen LogP contribution in [0.15, 0.2) is 36.4 Å². The van der Waals surface area contributed by atoms with E-state index in [9.17, 15) is 4.79 Å². The number of methoxy groups -OCH3 is 2. The maximum atomic E-state index is 13.0. The predicted octanol–water partition coefficient (Wildman–Crippen LogP) is 3.40. The summed E-state index contributed by atoms with van der Waals surface area (Å²) in [5.41, 5.74) is 1.89. The van der Waals surface area contributed by atoms with Crippen LogP contribution in [0.4, 0.5) is 0 Å². The van der Waals surface area contributed by atoms with E-state index in [-0.39, 0.29) is 18.0 Å². The van der Waals surface area contributed by atoms with Crippen LogP contribution in [-0.4, -0.2) is 41.4 Å². The highest BCUT2D eigenvalue weighted by Crippen LogP contribution is 2.40. The molecule has 1 fully saturated rings. The molecule has 2 aliphatic heterocycles. The first-order valence-electron chi connectivity index (χ1n) is 8.70. The predicted molar refractivity (Wildman–Crippen MR) is 110 cm³/mol. The number of carbonyl (C=O) groups excluding carboxylic acids is 1. The highest BCUT2D eigenvalue weighted by molar-refractivity contribution is 8.24. The van der Waals surface area contributed by atoms with E-state index in [1.54, 1.807) is 25.2 Å². The molecule has 4 rings (SSSR count). The van der Waals surface area contributed by atoms with Gasteiger partial charge in [-0.1, -0.05) is 36.1 Å². The Hall–Kier alpha value is -2.45. The van der Waals surface area contributed by atoms with Crippen LogP contribution in [-0.2, 0) is 17.8 Å². The third-order valence-corrected chi connectivity index (χ3v) is 6.27. The zero-order valence-corrected chi connectivity index (χ0v) is 17.1. The number of carbonyl (C=O) groups is 1. The Morgan fingerprint density at radius 1 is 1.14 bits per heavy atom. The number of amides is 1. The van der Waals surface area contributed by atoms with E-state index in [2.05, 4.69) is 0 Å². The van der Waals surface area contributed by atoms with Crippen molar-refractivity contribution in [1.82, 2.24) is 4.90 Å². The third kappa shape index (κ3) is 3.62. The van der Waals surface area contributed by atoms with Crippen LogP contribution in [0.1, 0.15) is 11.1 Å². The fourth-order valence-electron chi connectivity index (χ4n) is 3.20. The molecule has 6 nitrogen and oxygen atoms in total. The van der Waals surface area contributed by atoms with Gasteiger partial charge in [0.05, 0.1) is 26.0 Å². The average Bonchev–Trinajstić information content (AvgIpc) is 3.27. The lowest BCUT2D eigenvalue weighted by Crippen LogP contribution is -2.31. The molecule has 0 radical (unpaired) electrons. The molecule has 0 bridgehead atoms. The molecule has 0 unspecified atom stereocenters. The normalized spacial score (nSPS) is 17.9. The van der Waals surface area contributed by atoms with Crippen molar-refractivity contribution >= 4 is 34.2 Å². The molecule has 0 aromatic heterocycles. The van der Waals surface area contributed by atoms with Crippen LogP contribution in [0, 0.1) is 0 Å². The van der Waals surface area contributed by atoms with Crippen molar-refractivity contribution in [1.29, 1.82) is 0 Å². The Morgan fingerprint density at radius 3 is 2.54 bits per heavy atom. The van der Waals surface area contributed by atoms with Crippen LogP contribution >= 0.6 is 24.0 Å². The Labute approximate surface area is 172 Å². The van der Waals surface area contributed by atoms with Crippen molar-refractivity contribution in [2.24, 2.45) is 0 Å². The highest BCUT2D eigenvalue weighted by Gasteiger charge is 2.37. The van der Waals surface area contributed by atoms with E-state index in [0.717, 1.165) is 16.9 Å². The summed E-state index contributed by atoms with van der Waals surface area (Å²) in [5.74, 6) is 2.79. The van der Waals surface area contributed by atoms with E-state index >= 15 is 0 Å². The van der Waals surface area contributed by atoms with E-state index in [1.165, 1.54) is 11.8 Å². The first-order chi connectivity index (χ1) is 13.6. The van der Waals surface area contributed by atoms with Crippen molar-refractivity contribution < 1.29 is 23.7 Å². The standard InChI is InChI=1S/C20H19NO5S2/c1-23-14-5-3-12(4-6-14)10-21-19(22)18(28-20(21)27)8-13-7-16-17(26-11-25-16)9-15(13)24-2/h3-7,9,18H,8,10-11H2,1-2H3/t18-/m0/s1. The lowest BCUT2D eigenvalue weighted by Gasteiger charge is -2.16. The monoisotopic (exact) mass is 417 g/mol. The van der Waals surface area contributed by atoms with E-state index in [1.807, 2.05) is 30.3 Å². The summed E-state index contributed by atoms with van der Waals surface area (Å²) < 4.78 is 22.1. The number of fused-ring (bicyclic) bond motifs is 1. The minimum absolute atomic E-state index is 0.00513. The van der Waals surface area contributed by atoms with Gasteiger partial charge >= 0.3 is 0 Å². The average molecular weight is 418 g/mol. The third-order valence-electron chi connectivity index (χ3n) is 4.69. The number of rotatable bonds is 6. The highest BCUT2D eigenvalue weighted by atomic mass is 32.2. The van der Waals surface area contributed by atoms with Crippen molar-refractivity contribution in [2.45, 2.75) is 18.2 Å². The lowest BCUT2D eigenvalue weighted by atomic mass is 10.1. The molecule has 1 saturated heterocycles. The summed E-state index contributed by atoms with van der Waals surface area (Å²) in [5, 5.41) is -0.292. The molecule has 2 aromatic rings. The van der Waals surface area contributed by atoms with Crippen LogP contribution in [0.2, 0.25) is 0 Å². The SMILES string of the molecule is COc1ccc(CN2C(=O)[C@H](Cc3cc4c(cc3OC)OCO4)SC2=S)cc1. The van der Waals surface area contributed by atoms with Crippen molar-refractivity contribution in [3.63, 3.8) is 0 Å². The molecule has 8 heteroatoms. The second kappa shape index (κ2) is 7.89. The Balaban J connectivity index is 1.49. The van der Waals surface area contributed by atoms with E-state index in [0.29, 0.717) is 34.5 Å². The van der Waals surface area contributed by atoms with Gasteiger partial charge in [0.1, 0.15) is 15.8 Å². The summed E-state index contributed by atoms with van der Waals surface area (Å²) in [6.07, 6.45) is 0.503. The maximum Gasteiger partial charge on any atom is 0.242 e. The molecule has 1 atom stereocenters. The number of nitrogens with zero attached hydrogens (tertiary/aromatic N) is 1. The van der Waals surface area contributed by atoms with E-state index < -0.39 is 0 Å². The molecule has 0 saturated carbocycles. The largest absolute Gasteiger partial charge is 0.497 e. The van der Waals surface area contributed by atoms with Gasteiger partial charge in [0.25, 0.3) is 0 Å². The first-order valence-corrected chi connectivity index (χ1v) is 9.99.